The number of nitrogens with zero attached hydrogens (tertiary/aromatic N) is 2. The quantitative estimate of drug-likeness (QED) is 0.767. The van der Waals surface area contributed by atoms with Crippen molar-refractivity contribution in [2.24, 2.45) is 0 Å². The molecule has 2 aliphatic heterocycles. The molecule has 3 unspecified atom stereocenters. The van der Waals surface area contributed by atoms with Gasteiger partial charge in [0.2, 0.25) is 0 Å². The molecular formula is C11H15N3O3. The minimum Gasteiger partial charge on any atom is -0.464 e. The number of nitrogen functional groups attached to an aromatic ring is 1. The number of anilines is 1. The van der Waals surface area contributed by atoms with Crippen molar-refractivity contribution in [3.8, 4) is 0 Å². The van der Waals surface area contributed by atoms with Crippen LogP contribution < -0.4 is 5.73 Å². The number of ether oxygens (including phenoxy) is 2. The summed E-state index contributed by atoms with van der Waals surface area (Å²) in [5.41, 5.74) is 6.13. The second kappa shape index (κ2) is 3.73. The van der Waals surface area contributed by atoms with E-state index in [1.54, 1.807) is 6.33 Å². The van der Waals surface area contributed by atoms with Crippen molar-refractivity contribution in [1.29, 1.82) is 0 Å². The first-order valence-electron chi connectivity index (χ1n) is 5.76. The molecule has 17 heavy (non-hydrogen) atoms. The van der Waals surface area contributed by atoms with Crippen molar-refractivity contribution in [1.82, 2.24) is 9.55 Å². The van der Waals surface area contributed by atoms with Gasteiger partial charge >= 0.3 is 5.97 Å². The highest BCUT2D eigenvalue weighted by atomic mass is 16.5. The zero-order valence-electron chi connectivity index (χ0n) is 9.63. The molecule has 0 radical (unpaired) electrons. The minimum absolute atomic E-state index is 0.190. The molecular weight excluding hydrogens is 222 g/mol. The molecule has 3 rings (SSSR count). The number of carbonyl (C=O) groups is 1. The van der Waals surface area contributed by atoms with Gasteiger partial charge in [-0.05, 0) is 19.3 Å². The summed E-state index contributed by atoms with van der Waals surface area (Å²) in [7, 11) is 1.32. The number of hydrogen-bond donors (Lipinski definition) is 1. The lowest BCUT2D eigenvalue weighted by Gasteiger charge is -2.21. The number of nitrogens with two attached hydrogens (primary N) is 1. The molecule has 3 atom stereocenters. The predicted molar refractivity (Wildman–Crippen MR) is 59.5 cm³/mol. The number of imidazole rings is 1. The van der Waals surface area contributed by atoms with Gasteiger partial charge in [0.1, 0.15) is 5.82 Å². The summed E-state index contributed by atoms with van der Waals surface area (Å²) in [4.78, 5) is 15.4. The first-order chi connectivity index (χ1) is 8.20. The molecule has 0 saturated carbocycles. The van der Waals surface area contributed by atoms with E-state index in [9.17, 15) is 4.79 Å². The van der Waals surface area contributed by atoms with E-state index in [1.807, 2.05) is 4.57 Å². The topological polar surface area (TPSA) is 79.4 Å². The molecule has 0 aliphatic carbocycles. The number of methoxy groups -OCH3 is 1. The van der Waals surface area contributed by atoms with Crippen LogP contribution in [-0.4, -0.2) is 34.8 Å². The van der Waals surface area contributed by atoms with Crippen molar-refractivity contribution in [3.05, 3.63) is 12.0 Å². The Morgan fingerprint density at radius 2 is 2.47 bits per heavy atom. The maximum Gasteiger partial charge on any atom is 0.360 e. The monoisotopic (exact) mass is 237 g/mol. The Hall–Kier alpha value is -1.56. The third-order valence-electron chi connectivity index (χ3n) is 3.64. The number of carbonyl (C=O) groups excluding carboxylic acids is 1. The van der Waals surface area contributed by atoms with Gasteiger partial charge in [-0.15, -0.1) is 0 Å². The summed E-state index contributed by atoms with van der Waals surface area (Å²) >= 11 is 0. The third-order valence-corrected chi connectivity index (χ3v) is 3.64. The molecule has 1 aromatic heterocycles. The summed E-state index contributed by atoms with van der Waals surface area (Å²) in [6, 6.07) is 0.208. The van der Waals surface area contributed by atoms with Crippen LogP contribution in [0.4, 0.5) is 5.82 Å². The summed E-state index contributed by atoms with van der Waals surface area (Å²) in [6.45, 7) is 0. The van der Waals surface area contributed by atoms with E-state index >= 15 is 0 Å². The first-order valence-corrected chi connectivity index (χ1v) is 5.76. The van der Waals surface area contributed by atoms with Gasteiger partial charge in [-0.25, -0.2) is 9.78 Å². The Balaban J connectivity index is 1.89. The van der Waals surface area contributed by atoms with Gasteiger partial charge in [0.05, 0.1) is 31.7 Å². The van der Waals surface area contributed by atoms with E-state index < -0.39 is 5.97 Å². The average molecular weight is 237 g/mol. The summed E-state index contributed by atoms with van der Waals surface area (Å²) in [5, 5.41) is 0. The molecule has 6 nitrogen and oxygen atoms in total. The Labute approximate surface area is 98.7 Å². The Morgan fingerprint density at radius 1 is 1.65 bits per heavy atom. The fraction of sp³-hybridized carbons (Fsp3) is 0.636. The van der Waals surface area contributed by atoms with Crippen LogP contribution in [0.3, 0.4) is 0 Å². The van der Waals surface area contributed by atoms with Gasteiger partial charge in [-0.2, -0.15) is 0 Å². The van der Waals surface area contributed by atoms with Crippen LogP contribution in [0, 0.1) is 0 Å². The molecule has 2 fully saturated rings. The largest absolute Gasteiger partial charge is 0.464 e. The molecule has 2 bridgehead atoms. The summed E-state index contributed by atoms with van der Waals surface area (Å²) in [6.07, 6.45) is 5.29. The number of rotatable bonds is 2. The lowest BCUT2D eigenvalue weighted by molar-refractivity contribution is 0.0595. The minimum atomic E-state index is -0.495. The van der Waals surface area contributed by atoms with E-state index in [0.29, 0.717) is 11.9 Å². The van der Waals surface area contributed by atoms with Crippen LogP contribution in [0.1, 0.15) is 35.8 Å². The Morgan fingerprint density at radius 3 is 3.06 bits per heavy atom. The molecule has 6 heteroatoms. The molecule has 2 aliphatic rings. The van der Waals surface area contributed by atoms with Crippen LogP contribution >= 0.6 is 0 Å². The van der Waals surface area contributed by atoms with Crippen LogP contribution in [0.15, 0.2) is 6.33 Å². The van der Waals surface area contributed by atoms with E-state index in [4.69, 9.17) is 10.5 Å². The molecule has 0 amide bonds. The smallest absolute Gasteiger partial charge is 0.360 e. The number of hydrogen-bond acceptors (Lipinski definition) is 5. The van der Waals surface area contributed by atoms with Crippen molar-refractivity contribution in [3.63, 3.8) is 0 Å². The van der Waals surface area contributed by atoms with Crippen molar-refractivity contribution >= 4 is 11.8 Å². The van der Waals surface area contributed by atoms with Gasteiger partial charge in [0, 0.05) is 0 Å². The molecule has 92 valence electrons. The molecule has 2 N–H and O–H groups in total. The van der Waals surface area contributed by atoms with Crippen LogP contribution in [-0.2, 0) is 9.47 Å². The van der Waals surface area contributed by atoms with Crippen molar-refractivity contribution in [2.45, 2.75) is 37.5 Å². The zero-order chi connectivity index (χ0) is 12.0. The van der Waals surface area contributed by atoms with E-state index in [1.165, 1.54) is 7.11 Å². The van der Waals surface area contributed by atoms with Crippen LogP contribution in [0.5, 0.6) is 0 Å². The van der Waals surface area contributed by atoms with Gasteiger partial charge in [-0.1, -0.05) is 0 Å². The van der Waals surface area contributed by atoms with E-state index in [0.717, 1.165) is 19.3 Å². The fourth-order valence-electron chi connectivity index (χ4n) is 2.79. The second-order valence-electron chi connectivity index (χ2n) is 4.55. The highest BCUT2D eigenvalue weighted by Crippen LogP contribution is 2.42. The second-order valence-corrected chi connectivity index (χ2v) is 4.55. The van der Waals surface area contributed by atoms with Crippen LogP contribution in [0.2, 0.25) is 0 Å². The lowest BCUT2D eigenvalue weighted by atomic mass is 9.95. The number of fused-ring (bicyclic) bond motifs is 2. The van der Waals surface area contributed by atoms with Crippen molar-refractivity contribution in [2.75, 3.05) is 12.8 Å². The molecule has 0 spiro atoms. The normalized spacial score (nSPS) is 30.8. The zero-order valence-corrected chi connectivity index (χ0v) is 9.63. The number of esters is 1. The molecule has 2 saturated heterocycles. The Kier molecular flexibility index (Phi) is 2.32. The average Bonchev–Trinajstić information content (AvgIpc) is 3.02. The predicted octanol–water partition coefficient (Wildman–Crippen LogP) is 0.744. The fourth-order valence-corrected chi connectivity index (χ4v) is 2.79. The Bertz CT molecular complexity index is 457. The highest BCUT2D eigenvalue weighted by Gasteiger charge is 2.42. The molecule has 0 aromatic carbocycles. The number of aromatic nitrogens is 2. The third kappa shape index (κ3) is 1.51. The maximum absolute atomic E-state index is 11.4. The van der Waals surface area contributed by atoms with Crippen molar-refractivity contribution < 1.29 is 14.3 Å². The summed E-state index contributed by atoms with van der Waals surface area (Å²) in [5.74, 6) is -0.122. The van der Waals surface area contributed by atoms with Gasteiger partial charge in [-0.3, -0.25) is 0 Å². The van der Waals surface area contributed by atoms with E-state index in [2.05, 4.69) is 9.72 Å². The van der Waals surface area contributed by atoms with Gasteiger partial charge in [0.25, 0.3) is 0 Å². The van der Waals surface area contributed by atoms with E-state index in [-0.39, 0.29) is 17.8 Å². The maximum atomic E-state index is 11.4. The SMILES string of the molecule is COC(=O)c1ncn(C2CC3CCC2O3)c1N. The molecule has 3 heterocycles. The lowest BCUT2D eigenvalue weighted by Crippen LogP contribution is -2.22. The first kappa shape index (κ1) is 10.6. The van der Waals surface area contributed by atoms with Gasteiger partial charge in [0.15, 0.2) is 5.69 Å². The molecule has 1 aromatic rings. The van der Waals surface area contributed by atoms with Crippen LogP contribution in [0.25, 0.3) is 0 Å². The highest BCUT2D eigenvalue weighted by molar-refractivity contribution is 5.92. The summed E-state index contributed by atoms with van der Waals surface area (Å²) < 4.78 is 12.2. The standard InChI is InChI=1S/C11H15N3O3/c1-16-11(15)9-10(12)14(5-13-9)7-4-6-2-3-8(7)17-6/h5-8H,2-4,12H2,1H3. The van der Waals surface area contributed by atoms with Gasteiger partial charge < -0.3 is 19.8 Å².